The molecule has 0 fully saturated rings. The van der Waals surface area contributed by atoms with Gasteiger partial charge in [0.25, 0.3) is 10.0 Å². The van der Waals surface area contributed by atoms with Crippen LogP contribution in [0.5, 0.6) is 0 Å². The summed E-state index contributed by atoms with van der Waals surface area (Å²) in [5.74, 6) is -1.10. The highest BCUT2D eigenvalue weighted by Gasteiger charge is 2.32. The molecule has 0 amide bonds. The fraction of sp³-hybridized carbons (Fsp3) is 0.500. The van der Waals surface area contributed by atoms with Gasteiger partial charge >= 0.3 is 5.97 Å². The smallest absolute Gasteiger partial charge is 0.336 e. The molecular weight excluding hydrogens is 250 g/mol. The third kappa shape index (κ3) is 3.25. The molecule has 1 atom stereocenters. The molecule has 0 aliphatic heterocycles. The number of rotatable bonds is 5. The Labute approximate surface area is 97.7 Å². The van der Waals surface area contributed by atoms with Crippen LogP contribution in [0.4, 0.5) is 0 Å². The van der Waals surface area contributed by atoms with Crippen molar-refractivity contribution in [3.63, 3.8) is 0 Å². The molecule has 0 bridgehead atoms. The maximum Gasteiger partial charge on any atom is 0.336 e. The number of nitrogens with one attached hydrogen (secondary N) is 2. The van der Waals surface area contributed by atoms with Crippen LogP contribution >= 0.6 is 0 Å². The minimum Gasteiger partial charge on any atom is -0.479 e. The minimum atomic E-state index is -3.90. The Morgan fingerprint density at radius 2 is 2.24 bits per heavy atom. The number of carboxylic acid groups (broad SMARTS) is 1. The zero-order valence-corrected chi connectivity index (χ0v) is 10.1. The number of carboxylic acids is 1. The number of aliphatic carboxylic acids is 1. The number of nitrogens with zero attached hydrogens (tertiary/aromatic N) is 1. The SMILES string of the molecule is Cc1ncc(S(=O)(=O)NCC(C)(O)C(=O)O)[nH]1. The lowest BCUT2D eigenvalue weighted by molar-refractivity contribution is -0.155. The van der Waals surface area contributed by atoms with Gasteiger partial charge in [0, 0.05) is 0 Å². The van der Waals surface area contributed by atoms with Crippen molar-refractivity contribution in [1.82, 2.24) is 14.7 Å². The highest BCUT2D eigenvalue weighted by Crippen LogP contribution is 2.07. The molecule has 9 heteroatoms. The Morgan fingerprint density at radius 1 is 1.65 bits per heavy atom. The van der Waals surface area contributed by atoms with Crippen molar-refractivity contribution in [3.05, 3.63) is 12.0 Å². The molecule has 1 unspecified atom stereocenters. The van der Waals surface area contributed by atoms with E-state index in [2.05, 4.69) is 9.97 Å². The van der Waals surface area contributed by atoms with Crippen molar-refractivity contribution >= 4 is 16.0 Å². The molecule has 0 saturated carbocycles. The highest BCUT2D eigenvalue weighted by atomic mass is 32.2. The Balaban J connectivity index is 2.79. The van der Waals surface area contributed by atoms with E-state index in [1.807, 2.05) is 4.72 Å². The first-order chi connectivity index (χ1) is 7.65. The number of aliphatic hydroxyl groups is 1. The quantitative estimate of drug-likeness (QED) is 0.529. The molecule has 96 valence electrons. The summed E-state index contributed by atoms with van der Waals surface area (Å²) in [7, 11) is -3.90. The number of aromatic nitrogens is 2. The van der Waals surface area contributed by atoms with Gasteiger partial charge in [0.05, 0.1) is 12.7 Å². The first-order valence-corrected chi connectivity index (χ1v) is 6.10. The van der Waals surface area contributed by atoms with Gasteiger partial charge in [0.1, 0.15) is 5.82 Å². The zero-order chi connectivity index (χ0) is 13.3. The molecule has 0 aliphatic carbocycles. The molecular formula is C8H13N3O5S. The van der Waals surface area contributed by atoms with Gasteiger partial charge in [-0.15, -0.1) is 0 Å². The summed E-state index contributed by atoms with van der Waals surface area (Å²) in [6.07, 6.45) is 1.10. The Hall–Kier alpha value is -1.45. The van der Waals surface area contributed by atoms with Gasteiger partial charge in [0.15, 0.2) is 10.6 Å². The number of aromatic amines is 1. The van der Waals surface area contributed by atoms with Crippen molar-refractivity contribution in [2.24, 2.45) is 0 Å². The van der Waals surface area contributed by atoms with Gasteiger partial charge in [-0.1, -0.05) is 0 Å². The molecule has 0 aliphatic rings. The van der Waals surface area contributed by atoms with Crippen LogP contribution in [0.1, 0.15) is 12.7 Å². The average molecular weight is 263 g/mol. The molecule has 1 aromatic heterocycles. The molecule has 0 spiro atoms. The standard InChI is InChI=1S/C8H13N3O5S/c1-5-9-3-6(11-5)17(15,16)10-4-8(2,14)7(12)13/h3,10,14H,4H2,1-2H3,(H,9,11)(H,12,13). The first-order valence-electron chi connectivity index (χ1n) is 4.62. The van der Waals surface area contributed by atoms with E-state index >= 15 is 0 Å². The number of sulfonamides is 1. The van der Waals surface area contributed by atoms with Crippen LogP contribution in [0.15, 0.2) is 11.2 Å². The summed E-state index contributed by atoms with van der Waals surface area (Å²) >= 11 is 0. The van der Waals surface area contributed by atoms with E-state index in [1.165, 1.54) is 0 Å². The lowest BCUT2D eigenvalue weighted by Gasteiger charge is -2.17. The monoisotopic (exact) mass is 263 g/mol. The van der Waals surface area contributed by atoms with E-state index in [0.717, 1.165) is 13.1 Å². The number of imidazole rings is 1. The molecule has 1 heterocycles. The first kappa shape index (κ1) is 13.6. The summed E-state index contributed by atoms with van der Waals surface area (Å²) < 4.78 is 25.2. The summed E-state index contributed by atoms with van der Waals surface area (Å²) in [5, 5.41) is 17.8. The number of hydrogen-bond donors (Lipinski definition) is 4. The third-order valence-electron chi connectivity index (χ3n) is 2.04. The zero-order valence-electron chi connectivity index (χ0n) is 9.26. The van der Waals surface area contributed by atoms with E-state index in [1.54, 1.807) is 6.92 Å². The molecule has 0 saturated heterocycles. The van der Waals surface area contributed by atoms with Gasteiger partial charge in [-0.3, -0.25) is 0 Å². The minimum absolute atomic E-state index is 0.184. The van der Waals surface area contributed by atoms with E-state index in [0.29, 0.717) is 5.82 Å². The molecule has 0 aromatic carbocycles. The number of hydrogen-bond acceptors (Lipinski definition) is 5. The van der Waals surface area contributed by atoms with Crippen molar-refractivity contribution in [1.29, 1.82) is 0 Å². The fourth-order valence-corrected chi connectivity index (χ4v) is 2.02. The maximum atomic E-state index is 11.6. The predicted octanol–water partition coefficient (Wildman–Crippen LogP) is -1.17. The molecule has 1 rings (SSSR count). The van der Waals surface area contributed by atoms with Gasteiger partial charge in [-0.25, -0.2) is 22.9 Å². The molecule has 4 N–H and O–H groups in total. The van der Waals surface area contributed by atoms with E-state index < -0.39 is 28.1 Å². The topological polar surface area (TPSA) is 132 Å². The van der Waals surface area contributed by atoms with Gasteiger partial charge in [-0.05, 0) is 13.8 Å². The second-order valence-corrected chi connectivity index (χ2v) is 5.47. The largest absolute Gasteiger partial charge is 0.479 e. The van der Waals surface area contributed by atoms with Gasteiger partial charge in [0.2, 0.25) is 0 Å². The number of aryl methyl sites for hydroxylation is 1. The highest BCUT2D eigenvalue weighted by molar-refractivity contribution is 7.89. The van der Waals surface area contributed by atoms with Crippen molar-refractivity contribution in [2.45, 2.75) is 24.5 Å². The van der Waals surface area contributed by atoms with Crippen LogP contribution in [0.25, 0.3) is 0 Å². The number of H-pyrrole nitrogens is 1. The average Bonchev–Trinajstić information content (AvgIpc) is 2.63. The second-order valence-electron chi connectivity index (χ2n) is 3.74. The third-order valence-corrected chi connectivity index (χ3v) is 3.35. The van der Waals surface area contributed by atoms with Crippen LogP contribution in [0.3, 0.4) is 0 Å². The summed E-state index contributed by atoms with van der Waals surface area (Å²) in [6, 6.07) is 0. The molecule has 17 heavy (non-hydrogen) atoms. The van der Waals surface area contributed by atoms with E-state index in [9.17, 15) is 18.3 Å². The van der Waals surface area contributed by atoms with E-state index in [-0.39, 0.29) is 5.03 Å². The second kappa shape index (κ2) is 4.43. The Kier molecular flexibility index (Phi) is 3.55. The lowest BCUT2D eigenvalue weighted by atomic mass is 10.1. The Bertz CT molecular complexity index is 519. The molecule has 1 aromatic rings. The van der Waals surface area contributed by atoms with Gasteiger partial charge < -0.3 is 15.2 Å². The Morgan fingerprint density at radius 3 is 2.65 bits per heavy atom. The lowest BCUT2D eigenvalue weighted by Crippen LogP contribution is -2.46. The van der Waals surface area contributed by atoms with Crippen molar-refractivity contribution in [3.8, 4) is 0 Å². The summed E-state index contributed by atoms with van der Waals surface area (Å²) in [6.45, 7) is 1.94. The van der Waals surface area contributed by atoms with Crippen molar-refractivity contribution < 1.29 is 23.4 Å². The van der Waals surface area contributed by atoms with Crippen LogP contribution in [-0.2, 0) is 14.8 Å². The van der Waals surface area contributed by atoms with E-state index in [4.69, 9.17) is 5.11 Å². The van der Waals surface area contributed by atoms with Crippen LogP contribution in [0, 0.1) is 6.92 Å². The summed E-state index contributed by atoms with van der Waals surface area (Å²) in [4.78, 5) is 16.8. The van der Waals surface area contributed by atoms with Crippen molar-refractivity contribution in [2.75, 3.05) is 6.54 Å². The van der Waals surface area contributed by atoms with Crippen LogP contribution < -0.4 is 4.72 Å². The van der Waals surface area contributed by atoms with Gasteiger partial charge in [-0.2, -0.15) is 0 Å². The molecule has 8 nitrogen and oxygen atoms in total. The molecule has 0 radical (unpaired) electrons. The number of carbonyl (C=O) groups is 1. The maximum absolute atomic E-state index is 11.6. The summed E-state index contributed by atoms with van der Waals surface area (Å²) in [5.41, 5.74) is -2.16. The van der Waals surface area contributed by atoms with Crippen LogP contribution in [-0.4, -0.2) is 46.7 Å². The normalized spacial score (nSPS) is 15.5. The van der Waals surface area contributed by atoms with Crippen LogP contribution in [0.2, 0.25) is 0 Å². The fourth-order valence-electron chi connectivity index (χ4n) is 0.924. The predicted molar refractivity (Wildman–Crippen MR) is 56.8 cm³/mol.